The van der Waals surface area contributed by atoms with Crippen molar-refractivity contribution in [3.8, 4) is 0 Å². The second kappa shape index (κ2) is 30.3. The summed E-state index contributed by atoms with van der Waals surface area (Å²) in [5.74, 6) is -3.73. The number of carboxylic acids is 1. The Kier molecular flexibility index (Phi) is 33.8. The molecular formula is C26H44Na2O12S. The van der Waals surface area contributed by atoms with Gasteiger partial charge in [0.2, 0.25) is 0 Å². The first kappa shape index (κ1) is 45.7. The number of esters is 2. The van der Waals surface area contributed by atoms with Gasteiger partial charge in [-0.2, -0.15) is 4.33 Å². The van der Waals surface area contributed by atoms with Gasteiger partial charge in [0, 0.05) is 11.9 Å². The van der Waals surface area contributed by atoms with Crippen LogP contribution in [0.15, 0.2) is 12.2 Å². The summed E-state index contributed by atoms with van der Waals surface area (Å²) in [6, 6.07) is 0. The fraction of sp³-hybridized carbons (Fsp3) is 0.808. The Labute approximate surface area is 291 Å². The van der Waals surface area contributed by atoms with Crippen molar-refractivity contribution in [2.75, 3.05) is 26.4 Å². The van der Waals surface area contributed by atoms with E-state index < -0.39 is 54.3 Å². The first-order valence-electron chi connectivity index (χ1n) is 13.5. The van der Waals surface area contributed by atoms with Crippen molar-refractivity contribution in [2.24, 2.45) is 5.92 Å². The molecule has 0 rings (SSSR count). The van der Waals surface area contributed by atoms with Gasteiger partial charge in [-0.1, -0.05) is 64.0 Å². The van der Waals surface area contributed by atoms with Crippen LogP contribution >= 0.6 is 12.0 Å². The molecule has 0 aromatic rings. The molecule has 3 N–H and O–H groups in total. The van der Waals surface area contributed by atoms with E-state index in [0.717, 1.165) is 25.7 Å². The number of hydrogen-bond donors (Lipinski definition) is 3. The molecule has 3 unspecified atom stereocenters. The van der Waals surface area contributed by atoms with E-state index in [1.807, 2.05) is 0 Å². The van der Waals surface area contributed by atoms with E-state index in [-0.39, 0.29) is 85.2 Å². The SMILES string of the molecule is CCCCCCC(O)CC=CC(CCCCCCC(=O)[O-])C(CC(=O)OCCO)(SOO[O-])C(=O)OCCO.[Na+].[Na+]. The van der Waals surface area contributed by atoms with Crippen LogP contribution in [0, 0.1) is 5.92 Å². The van der Waals surface area contributed by atoms with Crippen LogP contribution in [0.25, 0.3) is 0 Å². The van der Waals surface area contributed by atoms with E-state index in [0.29, 0.717) is 50.6 Å². The van der Waals surface area contributed by atoms with Gasteiger partial charge in [-0.25, -0.2) is 0 Å². The summed E-state index contributed by atoms with van der Waals surface area (Å²) in [4.78, 5) is 36.5. The predicted molar refractivity (Wildman–Crippen MR) is 138 cm³/mol. The van der Waals surface area contributed by atoms with Crippen molar-refractivity contribution in [3.05, 3.63) is 12.2 Å². The molecule has 3 atom stereocenters. The molecule has 0 radical (unpaired) electrons. The van der Waals surface area contributed by atoms with Crippen LogP contribution in [-0.4, -0.2) is 70.5 Å². The van der Waals surface area contributed by atoms with Crippen LogP contribution in [0.2, 0.25) is 0 Å². The molecule has 0 spiro atoms. The second-order valence-electron chi connectivity index (χ2n) is 9.19. The Hall–Kier alpha value is 0.260. The number of allylic oxidation sites excluding steroid dienone is 1. The van der Waals surface area contributed by atoms with Crippen LogP contribution in [0.1, 0.15) is 90.4 Å². The van der Waals surface area contributed by atoms with Crippen LogP contribution < -0.4 is 69.5 Å². The summed E-state index contributed by atoms with van der Waals surface area (Å²) >= 11 is 0.294. The van der Waals surface area contributed by atoms with Gasteiger partial charge in [0.1, 0.15) is 13.2 Å². The minimum absolute atomic E-state index is 0. The molecule has 0 aliphatic heterocycles. The van der Waals surface area contributed by atoms with Gasteiger partial charge in [0.25, 0.3) is 0 Å². The molecule has 0 saturated carbocycles. The van der Waals surface area contributed by atoms with Crippen molar-refractivity contribution in [2.45, 2.75) is 101 Å². The number of carbonyl (C=O) groups excluding carboxylic acids is 3. The molecule has 12 nitrogen and oxygen atoms in total. The number of rotatable bonds is 26. The van der Waals surface area contributed by atoms with Gasteiger partial charge < -0.3 is 40.0 Å². The van der Waals surface area contributed by atoms with E-state index >= 15 is 0 Å². The van der Waals surface area contributed by atoms with Gasteiger partial charge in [-0.05, 0) is 32.1 Å². The maximum atomic E-state index is 13.3. The Morgan fingerprint density at radius 2 is 1.54 bits per heavy atom. The Bertz CT molecular complexity index is 701. The third-order valence-electron chi connectivity index (χ3n) is 6.05. The van der Waals surface area contributed by atoms with Crippen molar-refractivity contribution >= 4 is 30.0 Å². The number of ether oxygens (including phenoxy) is 2. The van der Waals surface area contributed by atoms with Crippen molar-refractivity contribution in [3.63, 3.8) is 0 Å². The van der Waals surface area contributed by atoms with Gasteiger partial charge in [-0.3, -0.25) is 14.6 Å². The fourth-order valence-electron chi connectivity index (χ4n) is 4.04. The Balaban J connectivity index is -0.00000722. The van der Waals surface area contributed by atoms with Crippen LogP contribution in [0.5, 0.6) is 0 Å². The van der Waals surface area contributed by atoms with Gasteiger partial charge in [-0.15, -0.1) is 0 Å². The van der Waals surface area contributed by atoms with Crippen LogP contribution in [0.4, 0.5) is 0 Å². The van der Waals surface area contributed by atoms with Crippen LogP contribution in [0.3, 0.4) is 0 Å². The zero-order valence-corrected chi connectivity index (χ0v) is 29.6. The molecule has 0 heterocycles. The quantitative estimate of drug-likeness (QED) is 0.0157. The molecule has 0 saturated heterocycles. The van der Waals surface area contributed by atoms with Gasteiger partial charge in [0.05, 0.1) is 37.8 Å². The average Bonchev–Trinajstić information content (AvgIpc) is 2.91. The van der Waals surface area contributed by atoms with E-state index in [2.05, 4.69) is 16.3 Å². The number of hydrogen-bond acceptors (Lipinski definition) is 13. The minimum atomic E-state index is -1.86. The molecule has 15 heteroatoms. The molecule has 0 aliphatic carbocycles. The number of aliphatic hydroxyl groups is 3. The summed E-state index contributed by atoms with van der Waals surface area (Å²) < 4.78 is 12.8. The first-order valence-corrected chi connectivity index (χ1v) is 14.2. The molecule has 0 fully saturated rings. The van der Waals surface area contributed by atoms with Crippen molar-refractivity contribution in [1.29, 1.82) is 0 Å². The summed E-state index contributed by atoms with van der Waals surface area (Å²) in [6.45, 7) is 0.490. The largest absolute Gasteiger partial charge is 1.00 e. The number of carboxylic acid groups (broad SMARTS) is 1. The maximum absolute atomic E-state index is 13.3. The number of unbranched alkanes of at least 4 members (excludes halogenated alkanes) is 6. The first-order chi connectivity index (χ1) is 18.8. The molecule has 0 aromatic heterocycles. The number of aliphatic hydroxyl groups excluding tert-OH is 3. The molecular weight excluding hydrogens is 582 g/mol. The van der Waals surface area contributed by atoms with E-state index in [1.54, 1.807) is 12.2 Å². The third-order valence-corrected chi connectivity index (χ3v) is 7.09. The third kappa shape index (κ3) is 22.4. The number of carbonyl (C=O) groups is 3. The molecule has 228 valence electrons. The maximum Gasteiger partial charge on any atom is 1.00 e. The summed E-state index contributed by atoms with van der Waals surface area (Å²) in [5, 5.41) is 53.4. The summed E-state index contributed by atoms with van der Waals surface area (Å²) in [5.41, 5.74) is 0. The molecule has 0 amide bonds. The molecule has 0 bridgehead atoms. The summed E-state index contributed by atoms with van der Waals surface area (Å²) in [6.07, 6.45) is 9.42. The fourth-order valence-corrected chi connectivity index (χ4v) is 4.81. The molecule has 0 aromatic carbocycles. The molecule has 0 aliphatic rings. The zero-order valence-electron chi connectivity index (χ0n) is 24.8. The summed E-state index contributed by atoms with van der Waals surface area (Å²) in [7, 11) is 0. The average molecular weight is 627 g/mol. The van der Waals surface area contributed by atoms with E-state index in [4.69, 9.17) is 19.7 Å². The molecule has 41 heavy (non-hydrogen) atoms. The second-order valence-corrected chi connectivity index (χ2v) is 10.2. The van der Waals surface area contributed by atoms with Crippen molar-refractivity contribution in [1.82, 2.24) is 0 Å². The van der Waals surface area contributed by atoms with Gasteiger partial charge >= 0.3 is 71.1 Å². The van der Waals surface area contributed by atoms with Gasteiger partial charge in [0.15, 0.2) is 4.75 Å². The Morgan fingerprint density at radius 1 is 0.927 bits per heavy atom. The normalized spacial score (nSPS) is 13.9. The monoisotopic (exact) mass is 626 g/mol. The zero-order chi connectivity index (χ0) is 29.4. The smallest absolute Gasteiger partial charge is 0.691 e. The van der Waals surface area contributed by atoms with Crippen LogP contribution in [-0.2, 0) is 33.2 Å². The predicted octanol–water partition coefficient (Wildman–Crippen LogP) is -4.95. The number of aliphatic carboxylic acids is 1. The Morgan fingerprint density at radius 3 is 2.15 bits per heavy atom. The van der Waals surface area contributed by atoms with E-state index in [9.17, 15) is 29.9 Å². The topological polar surface area (TPSA) is 195 Å². The van der Waals surface area contributed by atoms with Crippen molar-refractivity contribution < 1.29 is 118 Å². The standard InChI is InChI=1S/C26H46O12S.2Na/c1-2-3-4-8-13-22(29)14-10-12-21(11-7-5-6-9-15-23(30)31)26(39-38-37-34,25(33)36-19-17-28)20-24(32)35-18-16-27;;/h10,12,21-22,27-29,34H,2-9,11,13-20H2,1H3,(H,30,31);;/q;2*+1/p-2. The minimum Gasteiger partial charge on any atom is -0.691 e. The van der Waals surface area contributed by atoms with E-state index in [1.165, 1.54) is 0 Å².